The first-order chi connectivity index (χ1) is 51.2. The van der Waals surface area contributed by atoms with E-state index in [1.54, 1.807) is 0 Å². The van der Waals surface area contributed by atoms with Gasteiger partial charge >= 0.3 is 33.6 Å². The molecule has 0 saturated heterocycles. The van der Waals surface area contributed by atoms with Crippen molar-refractivity contribution < 1.29 is 75.8 Å². The molecule has 16 nitrogen and oxygen atoms in total. The maximum Gasteiger partial charge on any atom is 0.472 e. The molecular weight excluding hydrogens is 1360 g/mol. The van der Waals surface area contributed by atoms with Gasteiger partial charge in [0.15, 0.2) is 6.10 Å². The van der Waals surface area contributed by atoms with E-state index in [0.717, 1.165) is 154 Å². The van der Waals surface area contributed by atoms with Crippen LogP contribution in [0.15, 0.2) is 146 Å². The van der Waals surface area contributed by atoms with Crippen LogP contribution in [0, 0.1) is 0 Å². The highest BCUT2D eigenvalue weighted by Crippen LogP contribution is 2.45. The molecule has 0 aliphatic carbocycles. The fraction of sp³-hybridized carbons (Fsp3) is 0.690. The summed E-state index contributed by atoms with van der Waals surface area (Å²) in [7, 11) is -9.82. The molecule has 18 heteroatoms. The maximum atomic E-state index is 13.0. The highest BCUT2D eigenvalue weighted by Gasteiger charge is 2.29. The fourth-order valence-corrected chi connectivity index (χ4v) is 12.3. The first kappa shape index (κ1) is 100. The average Bonchev–Trinajstić information content (AvgIpc) is 0.922. The lowest BCUT2D eigenvalue weighted by molar-refractivity contribution is -0.161. The van der Waals surface area contributed by atoms with Crippen molar-refractivity contribution in [2.75, 3.05) is 39.6 Å². The van der Waals surface area contributed by atoms with Crippen molar-refractivity contribution in [3.63, 3.8) is 0 Å². The highest BCUT2D eigenvalue weighted by atomic mass is 31.2. The Morgan fingerprint density at radius 3 is 0.752 bits per heavy atom. The van der Waals surface area contributed by atoms with Gasteiger partial charge in [0.1, 0.15) is 25.4 Å². The minimum absolute atomic E-state index is 0.0747. The zero-order valence-electron chi connectivity index (χ0n) is 65.9. The lowest BCUT2D eigenvalue weighted by atomic mass is 10.0. The molecule has 105 heavy (non-hydrogen) atoms. The van der Waals surface area contributed by atoms with Crippen LogP contribution in [0.25, 0.3) is 0 Å². The molecule has 0 heterocycles. The molecule has 0 rings (SSSR count). The van der Waals surface area contributed by atoms with Crippen molar-refractivity contribution in [1.82, 2.24) is 0 Å². The number of rotatable bonds is 77. The molecule has 0 aromatic carbocycles. The summed E-state index contributed by atoms with van der Waals surface area (Å²) < 4.78 is 61.2. The van der Waals surface area contributed by atoms with Gasteiger partial charge in [-0.2, -0.15) is 0 Å². The van der Waals surface area contributed by atoms with Gasteiger partial charge in [-0.3, -0.25) is 32.5 Å². The third-order valence-electron chi connectivity index (χ3n) is 17.0. The zero-order valence-corrected chi connectivity index (χ0v) is 67.6. The molecule has 0 saturated carbocycles. The monoisotopic (exact) mass is 1510 g/mol. The van der Waals surface area contributed by atoms with E-state index >= 15 is 0 Å². The topological polar surface area (TPSA) is 231 Å². The number of carbonyl (C=O) groups is 3. The molecule has 602 valence electrons. The molecule has 4 N–H and O–H groups in total. The van der Waals surface area contributed by atoms with Gasteiger partial charge < -0.3 is 34.2 Å². The second kappa shape index (κ2) is 79.0. The van der Waals surface area contributed by atoms with Gasteiger partial charge in [0.25, 0.3) is 0 Å². The first-order valence-electron chi connectivity index (χ1n) is 41.1. The van der Waals surface area contributed by atoms with Gasteiger partial charge in [-0.25, -0.2) is 9.13 Å². The lowest BCUT2D eigenvalue weighted by Crippen LogP contribution is -2.30. The quantitative estimate of drug-likeness (QED) is 0.0146. The van der Waals surface area contributed by atoms with E-state index in [-0.39, 0.29) is 19.3 Å². The standard InChI is InChI=1S/C87H148O16P2/c1-4-7-10-13-16-19-22-25-28-31-34-37-38-39-40-41-42-45-47-49-52-55-58-61-64-67-70-73-85(90)97-76-82(88)77-99-104(93,94)100-78-83(89)79-101-105(95,96)102-81-84(103-87(92)75-72-69-66-63-60-57-54-51-48-44-36-33-30-27-24-21-18-15-12-9-6-3)80-98-86(91)74-71-68-65-62-59-56-53-50-46-43-35-32-29-26-23-20-17-14-11-8-5-2/h16-21,25-30,34-37,39-40,43-44,50-51,53-54,82-84,88-89H,4-15,22-24,31-33,38,41-42,45-49,52,55-81H2,1-3H3,(H,93,94)(H,95,96)/b19-16-,20-17-,21-18-,28-25-,29-26-,30-27-,37-34-,40-39-,43-35-,44-36-,53-50-,54-51-. The predicted octanol–water partition coefficient (Wildman–Crippen LogP) is 24.4. The molecule has 0 amide bonds. The predicted molar refractivity (Wildman–Crippen MR) is 436 cm³/mol. The van der Waals surface area contributed by atoms with Crippen LogP contribution in [0.4, 0.5) is 0 Å². The second-order valence-electron chi connectivity index (χ2n) is 27.2. The van der Waals surface area contributed by atoms with Gasteiger partial charge in [0.05, 0.1) is 26.4 Å². The molecule has 0 radical (unpaired) electrons. The molecule has 0 aliphatic heterocycles. The summed E-state index contributed by atoms with van der Waals surface area (Å²) in [6.07, 6.45) is 97.3. The normalized spacial score (nSPS) is 14.7. The van der Waals surface area contributed by atoms with Gasteiger partial charge in [-0.15, -0.1) is 0 Å². The molecule has 5 atom stereocenters. The Balaban J connectivity index is 4.68. The summed E-state index contributed by atoms with van der Waals surface area (Å²) in [5.74, 6) is -1.62. The van der Waals surface area contributed by atoms with E-state index in [4.69, 9.17) is 32.3 Å². The molecular formula is C87H148O16P2. The van der Waals surface area contributed by atoms with Crippen molar-refractivity contribution in [2.24, 2.45) is 0 Å². The molecule has 0 bridgehead atoms. The maximum absolute atomic E-state index is 13.0. The number of hydrogen-bond donors (Lipinski definition) is 4. The van der Waals surface area contributed by atoms with E-state index in [1.165, 1.54) is 116 Å². The van der Waals surface area contributed by atoms with Crippen LogP contribution in [0.2, 0.25) is 0 Å². The Morgan fingerprint density at radius 1 is 0.267 bits per heavy atom. The molecule has 0 spiro atoms. The van der Waals surface area contributed by atoms with E-state index in [9.17, 15) is 43.5 Å². The summed E-state index contributed by atoms with van der Waals surface area (Å²) in [5, 5.41) is 20.7. The van der Waals surface area contributed by atoms with Crippen LogP contribution in [0.1, 0.15) is 329 Å². The fourth-order valence-electron chi connectivity index (χ4n) is 10.7. The van der Waals surface area contributed by atoms with E-state index in [0.29, 0.717) is 19.3 Å². The second-order valence-corrected chi connectivity index (χ2v) is 30.1. The first-order valence-corrected chi connectivity index (χ1v) is 44.1. The summed E-state index contributed by atoms with van der Waals surface area (Å²) in [4.78, 5) is 58.8. The summed E-state index contributed by atoms with van der Waals surface area (Å²) in [5.41, 5.74) is 0. The number of aliphatic hydroxyl groups is 2. The number of phosphoric acid groups is 2. The number of hydrogen-bond acceptors (Lipinski definition) is 14. The lowest BCUT2D eigenvalue weighted by Gasteiger charge is -2.21. The molecule has 5 unspecified atom stereocenters. The van der Waals surface area contributed by atoms with Crippen molar-refractivity contribution >= 4 is 33.6 Å². The van der Waals surface area contributed by atoms with Crippen LogP contribution in [-0.4, -0.2) is 95.9 Å². The Bertz CT molecular complexity index is 2490. The Hall–Kier alpha value is -4.57. The Morgan fingerprint density at radius 2 is 0.476 bits per heavy atom. The number of ether oxygens (including phenoxy) is 3. The van der Waals surface area contributed by atoms with Gasteiger partial charge in [0.2, 0.25) is 0 Å². The summed E-state index contributed by atoms with van der Waals surface area (Å²) >= 11 is 0. The molecule has 0 fully saturated rings. The molecule has 0 aliphatic rings. The Labute approximate surface area is 638 Å². The third kappa shape index (κ3) is 80.3. The van der Waals surface area contributed by atoms with Crippen LogP contribution >= 0.6 is 15.6 Å². The van der Waals surface area contributed by atoms with Crippen LogP contribution in [0.5, 0.6) is 0 Å². The van der Waals surface area contributed by atoms with Gasteiger partial charge in [-0.05, 0) is 154 Å². The van der Waals surface area contributed by atoms with E-state index < -0.39 is 91.5 Å². The number of carbonyl (C=O) groups excluding carboxylic acids is 3. The minimum atomic E-state index is -4.95. The number of phosphoric ester groups is 2. The van der Waals surface area contributed by atoms with Gasteiger partial charge in [0, 0.05) is 19.3 Å². The molecule has 0 aromatic rings. The van der Waals surface area contributed by atoms with Crippen molar-refractivity contribution in [3.05, 3.63) is 146 Å². The van der Waals surface area contributed by atoms with Crippen molar-refractivity contribution in [3.8, 4) is 0 Å². The smallest absolute Gasteiger partial charge is 0.463 e. The minimum Gasteiger partial charge on any atom is -0.463 e. The van der Waals surface area contributed by atoms with E-state index in [1.807, 2.05) is 0 Å². The third-order valence-corrected chi connectivity index (χ3v) is 18.9. The van der Waals surface area contributed by atoms with Crippen molar-refractivity contribution in [2.45, 2.75) is 347 Å². The summed E-state index contributed by atoms with van der Waals surface area (Å²) in [6.45, 7) is 2.56. The largest absolute Gasteiger partial charge is 0.472 e. The molecule has 0 aromatic heterocycles. The van der Waals surface area contributed by atoms with Crippen molar-refractivity contribution in [1.29, 1.82) is 0 Å². The van der Waals surface area contributed by atoms with Crippen LogP contribution in [-0.2, 0) is 55.8 Å². The zero-order chi connectivity index (χ0) is 76.6. The summed E-state index contributed by atoms with van der Waals surface area (Å²) in [6, 6.07) is 0. The Kier molecular flexibility index (Phi) is 75.6. The highest BCUT2D eigenvalue weighted by molar-refractivity contribution is 7.47. The van der Waals surface area contributed by atoms with Crippen LogP contribution in [0.3, 0.4) is 0 Å². The number of esters is 3. The average molecular weight is 1510 g/mol. The number of aliphatic hydroxyl groups excluding tert-OH is 2. The number of allylic oxidation sites excluding steroid dienone is 24. The van der Waals surface area contributed by atoms with E-state index in [2.05, 4.69) is 167 Å². The van der Waals surface area contributed by atoms with Gasteiger partial charge in [-0.1, -0.05) is 301 Å². The van der Waals surface area contributed by atoms with Crippen LogP contribution < -0.4 is 0 Å². The SMILES string of the molecule is CCCCC/C=C\C/C=C\C/C=C\C/C=C\CCCCCCCCCCCCCC(=O)OCC(O)COP(=O)(O)OCC(O)COP(=O)(O)OCC(COC(=O)CCCCCCC/C=C\C/C=C\C/C=C\C/C=C\CCCCC)OC(=O)CCCCCCC/C=C\C/C=C\C/C=C\C/C=C\CCCCC. The number of unbranched alkanes of at least 4 members (excludes halogenated alkanes) is 30.